The second-order valence-electron chi connectivity index (χ2n) is 5.62. The summed E-state index contributed by atoms with van der Waals surface area (Å²) in [7, 11) is 2.78. The minimum Gasteiger partial charge on any atom is -0.406 e. The highest BCUT2D eigenvalue weighted by Gasteiger charge is 2.31. The highest BCUT2D eigenvalue weighted by Crippen LogP contribution is 2.30. The van der Waals surface area contributed by atoms with Crippen molar-refractivity contribution in [3.63, 3.8) is 0 Å². The molecular formula is C15H11ClF3N7O3. The first-order valence-electron chi connectivity index (χ1n) is 7.73. The van der Waals surface area contributed by atoms with Gasteiger partial charge in [-0.15, -0.1) is 13.2 Å². The Labute approximate surface area is 164 Å². The molecule has 2 aromatic heterocycles. The Balaban J connectivity index is 2.00. The van der Waals surface area contributed by atoms with Gasteiger partial charge < -0.3 is 4.74 Å². The molecule has 0 saturated heterocycles. The molecule has 0 bridgehead atoms. The van der Waals surface area contributed by atoms with E-state index in [1.807, 2.05) is 0 Å². The van der Waals surface area contributed by atoms with Crippen LogP contribution in [0.5, 0.6) is 5.75 Å². The first kappa shape index (κ1) is 20.3. The van der Waals surface area contributed by atoms with Crippen LogP contribution in [0, 0.1) is 0 Å². The molecule has 10 nitrogen and oxygen atoms in total. The van der Waals surface area contributed by atoms with Crippen molar-refractivity contribution in [2.75, 3.05) is 5.32 Å². The van der Waals surface area contributed by atoms with Gasteiger partial charge in [0.1, 0.15) is 5.75 Å². The maximum absolute atomic E-state index is 12.5. The van der Waals surface area contributed by atoms with Gasteiger partial charge in [0.05, 0.1) is 10.6 Å². The second-order valence-corrected chi connectivity index (χ2v) is 6.00. The van der Waals surface area contributed by atoms with Crippen molar-refractivity contribution in [3.8, 4) is 16.9 Å². The number of hydrogen-bond acceptors (Lipinski definition) is 7. The third-order valence-corrected chi connectivity index (χ3v) is 3.99. The van der Waals surface area contributed by atoms with E-state index in [0.29, 0.717) is 0 Å². The lowest BCUT2D eigenvalue weighted by atomic mass is 10.1. The number of carbonyl (C=O) groups excluding carboxylic acids is 1. The zero-order chi connectivity index (χ0) is 21.3. The number of benzene rings is 1. The molecule has 152 valence electrons. The number of halogens is 4. The molecule has 0 unspecified atom stereocenters. The molecule has 0 saturated carbocycles. The monoisotopic (exact) mass is 429 g/mol. The van der Waals surface area contributed by atoms with Gasteiger partial charge in [-0.2, -0.15) is 5.10 Å². The number of tetrazole rings is 1. The summed E-state index contributed by atoms with van der Waals surface area (Å²) in [5, 5.41) is 16.5. The smallest absolute Gasteiger partial charge is 0.406 e. The molecule has 0 atom stereocenters. The summed E-state index contributed by atoms with van der Waals surface area (Å²) < 4.78 is 42.8. The Kier molecular flexibility index (Phi) is 5.24. The fraction of sp³-hybridized carbons (Fsp3) is 0.200. The lowest BCUT2D eigenvalue weighted by Gasteiger charge is -2.12. The van der Waals surface area contributed by atoms with Crippen molar-refractivity contribution >= 4 is 23.5 Å². The van der Waals surface area contributed by atoms with Crippen LogP contribution >= 0.6 is 11.6 Å². The number of aryl methyl sites for hydroxylation is 2. The average Bonchev–Trinajstić information content (AvgIpc) is 3.03. The summed E-state index contributed by atoms with van der Waals surface area (Å²) in [4.78, 5) is 25.0. The molecule has 0 spiro atoms. The van der Waals surface area contributed by atoms with Crippen LogP contribution in [0.3, 0.4) is 0 Å². The zero-order valence-electron chi connectivity index (χ0n) is 14.7. The second kappa shape index (κ2) is 7.50. The van der Waals surface area contributed by atoms with Gasteiger partial charge in [0.25, 0.3) is 11.5 Å². The number of rotatable bonds is 4. The molecule has 1 amide bonds. The number of nitrogens with zero attached hydrogens (tertiary/aromatic N) is 6. The lowest BCUT2D eigenvalue weighted by Crippen LogP contribution is -2.27. The average molecular weight is 430 g/mol. The van der Waals surface area contributed by atoms with Gasteiger partial charge in [0.2, 0.25) is 5.95 Å². The SMILES string of the molecule is Cn1nnnc1NC(=O)c1nn(C)c(=O)c(-c2ccc(OC(F)(F)F)cc2)c1Cl. The Morgan fingerprint density at radius 3 is 2.38 bits per heavy atom. The van der Waals surface area contributed by atoms with E-state index < -0.39 is 23.6 Å². The Hall–Kier alpha value is -3.48. The Bertz CT molecular complexity index is 1130. The van der Waals surface area contributed by atoms with Gasteiger partial charge in [-0.1, -0.05) is 28.8 Å². The minimum absolute atomic E-state index is 0.0110. The molecular weight excluding hydrogens is 419 g/mol. The summed E-state index contributed by atoms with van der Waals surface area (Å²) in [6.07, 6.45) is -4.86. The Morgan fingerprint density at radius 1 is 1.17 bits per heavy atom. The van der Waals surface area contributed by atoms with Crippen molar-refractivity contribution in [2.45, 2.75) is 6.36 Å². The quantitative estimate of drug-likeness (QED) is 0.671. The lowest BCUT2D eigenvalue weighted by molar-refractivity contribution is -0.274. The number of amides is 1. The van der Waals surface area contributed by atoms with Crippen LogP contribution in [0.15, 0.2) is 29.1 Å². The summed E-state index contributed by atoms with van der Waals surface area (Å²) in [6, 6.07) is 4.45. The third kappa shape index (κ3) is 4.34. The van der Waals surface area contributed by atoms with E-state index in [-0.39, 0.29) is 27.8 Å². The standard InChI is InChI=1S/C15H11ClF3N7O3/c1-25-13(28)9(7-3-5-8(6-4-7)29-15(17,18)19)10(16)11(22-25)12(27)20-14-21-23-24-26(14)2/h3-6H,1-2H3,(H,20,21,24,27). The van der Waals surface area contributed by atoms with Crippen LogP contribution < -0.4 is 15.6 Å². The fourth-order valence-corrected chi connectivity index (χ4v) is 2.64. The molecule has 0 aliphatic heterocycles. The summed E-state index contributed by atoms with van der Waals surface area (Å²) in [5.41, 5.74) is -0.912. The molecule has 0 aliphatic carbocycles. The first-order chi connectivity index (χ1) is 13.6. The fourth-order valence-electron chi connectivity index (χ4n) is 2.33. The van der Waals surface area contributed by atoms with Gasteiger partial charge in [-0.25, -0.2) is 9.36 Å². The van der Waals surface area contributed by atoms with Crippen LogP contribution in [0.2, 0.25) is 5.02 Å². The molecule has 3 aromatic rings. The summed E-state index contributed by atoms with van der Waals surface area (Å²) in [5.74, 6) is -1.25. The predicted octanol–water partition coefficient (Wildman–Crippen LogP) is 1.78. The van der Waals surface area contributed by atoms with Gasteiger partial charge in [0.15, 0.2) is 5.69 Å². The molecule has 1 N–H and O–H groups in total. The van der Waals surface area contributed by atoms with E-state index in [4.69, 9.17) is 11.6 Å². The van der Waals surface area contributed by atoms with Gasteiger partial charge >= 0.3 is 6.36 Å². The summed E-state index contributed by atoms with van der Waals surface area (Å²) in [6.45, 7) is 0. The highest BCUT2D eigenvalue weighted by atomic mass is 35.5. The van der Waals surface area contributed by atoms with Crippen molar-refractivity contribution in [3.05, 3.63) is 45.3 Å². The molecule has 0 aliphatic rings. The molecule has 0 fully saturated rings. The van der Waals surface area contributed by atoms with Gasteiger partial charge in [0, 0.05) is 14.1 Å². The predicted molar refractivity (Wildman–Crippen MR) is 93.4 cm³/mol. The van der Waals surface area contributed by atoms with Crippen molar-refractivity contribution in [2.24, 2.45) is 14.1 Å². The number of ether oxygens (including phenoxy) is 1. The molecule has 2 heterocycles. The van der Waals surface area contributed by atoms with E-state index in [1.54, 1.807) is 0 Å². The van der Waals surface area contributed by atoms with E-state index in [1.165, 1.54) is 30.9 Å². The molecule has 14 heteroatoms. The van der Waals surface area contributed by atoms with Gasteiger partial charge in [-0.05, 0) is 28.1 Å². The number of alkyl halides is 3. The van der Waals surface area contributed by atoms with E-state index >= 15 is 0 Å². The van der Waals surface area contributed by atoms with E-state index in [2.05, 4.69) is 30.7 Å². The summed E-state index contributed by atoms with van der Waals surface area (Å²) >= 11 is 6.24. The van der Waals surface area contributed by atoms with Crippen molar-refractivity contribution in [1.82, 2.24) is 30.0 Å². The van der Waals surface area contributed by atoms with Crippen molar-refractivity contribution < 1.29 is 22.7 Å². The van der Waals surface area contributed by atoms with Crippen LogP contribution in [0.25, 0.3) is 11.1 Å². The van der Waals surface area contributed by atoms with Crippen molar-refractivity contribution in [1.29, 1.82) is 0 Å². The minimum atomic E-state index is -4.86. The number of anilines is 1. The van der Waals surface area contributed by atoms with Crippen LogP contribution in [-0.2, 0) is 14.1 Å². The number of hydrogen-bond donors (Lipinski definition) is 1. The largest absolute Gasteiger partial charge is 0.573 e. The number of carbonyl (C=O) groups is 1. The van der Waals surface area contributed by atoms with Crippen LogP contribution in [-0.4, -0.2) is 42.3 Å². The van der Waals surface area contributed by atoms with E-state index in [9.17, 15) is 22.8 Å². The molecule has 0 radical (unpaired) electrons. The molecule has 29 heavy (non-hydrogen) atoms. The molecule has 3 rings (SSSR count). The van der Waals surface area contributed by atoms with Crippen LogP contribution in [0.1, 0.15) is 10.5 Å². The normalized spacial score (nSPS) is 11.4. The van der Waals surface area contributed by atoms with E-state index in [0.717, 1.165) is 16.8 Å². The number of nitrogens with one attached hydrogen (secondary N) is 1. The molecule has 1 aromatic carbocycles. The first-order valence-corrected chi connectivity index (χ1v) is 8.11. The van der Waals surface area contributed by atoms with Gasteiger partial charge in [-0.3, -0.25) is 14.9 Å². The number of aromatic nitrogens is 6. The topological polar surface area (TPSA) is 117 Å². The van der Waals surface area contributed by atoms with Crippen LogP contribution in [0.4, 0.5) is 19.1 Å². The highest BCUT2D eigenvalue weighted by molar-refractivity contribution is 6.36. The third-order valence-electron chi connectivity index (χ3n) is 3.62. The maximum Gasteiger partial charge on any atom is 0.573 e. The maximum atomic E-state index is 12.5. The Morgan fingerprint density at radius 2 is 1.83 bits per heavy atom. The zero-order valence-corrected chi connectivity index (χ0v) is 15.5.